The van der Waals surface area contributed by atoms with Gasteiger partial charge in [0.25, 0.3) is 0 Å². The molecule has 3 atom stereocenters. The van der Waals surface area contributed by atoms with Crippen molar-refractivity contribution in [1.82, 2.24) is 15.0 Å². The van der Waals surface area contributed by atoms with Crippen molar-refractivity contribution >= 4 is 49.4 Å². The molecular formula is C53H39N3OS. The van der Waals surface area contributed by atoms with E-state index in [0.29, 0.717) is 5.82 Å². The Morgan fingerprint density at radius 2 is 1.36 bits per heavy atom. The van der Waals surface area contributed by atoms with Crippen molar-refractivity contribution in [1.29, 1.82) is 0 Å². The first-order valence-electron chi connectivity index (χ1n) is 20.2. The van der Waals surface area contributed by atoms with E-state index in [0.717, 1.165) is 58.9 Å². The molecule has 0 saturated heterocycles. The van der Waals surface area contributed by atoms with Crippen molar-refractivity contribution in [2.24, 2.45) is 0 Å². The van der Waals surface area contributed by atoms with E-state index < -0.39 is 0 Å². The van der Waals surface area contributed by atoms with E-state index in [1.165, 1.54) is 48.0 Å². The summed E-state index contributed by atoms with van der Waals surface area (Å²) in [5.74, 6) is 3.34. The third-order valence-corrected chi connectivity index (χ3v) is 12.9. The van der Waals surface area contributed by atoms with Crippen LogP contribution in [-0.4, -0.2) is 21.1 Å². The van der Waals surface area contributed by atoms with Gasteiger partial charge in [-0.2, -0.15) is 0 Å². The van der Waals surface area contributed by atoms with E-state index in [2.05, 4.69) is 182 Å². The van der Waals surface area contributed by atoms with E-state index in [9.17, 15) is 0 Å². The zero-order valence-corrected chi connectivity index (χ0v) is 32.6. The summed E-state index contributed by atoms with van der Waals surface area (Å²) >= 11 is 1.86. The maximum atomic E-state index is 6.58. The molecule has 4 nitrogen and oxygen atoms in total. The molecule has 5 heteroatoms. The minimum atomic E-state index is -0.0512. The lowest BCUT2D eigenvalue weighted by atomic mass is 9.83. The maximum Gasteiger partial charge on any atom is 0.163 e. The van der Waals surface area contributed by atoms with Crippen LogP contribution < -0.4 is 4.74 Å². The normalized spacial score (nSPS) is 18.8. The molecule has 4 aliphatic rings. The number of hydrogen-bond donors (Lipinski definition) is 0. The Balaban J connectivity index is 0.938. The summed E-state index contributed by atoms with van der Waals surface area (Å²) < 4.78 is 7.90. The largest absolute Gasteiger partial charge is 0.485 e. The first-order valence-corrected chi connectivity index (χ1v) is 21.0. The van der Waals surface area contributed by atoms with Crippen LogP contribution in [0.15, 0.2) is 176 Å². The molecule has 0 fully saturated rings. The highest BCUT2D eigenvalue weighted by Crippen LogP contribution is 2.48. The zero-order valence-electron chi connectivity index (χ0n) is 31.8. The van der Waals surface area contributed by atoms with Crippen LogP contribution in [0, 0.1) is 0 Å². The summed E-state index contributed by atoms with van der Waals surface area (Å²) in [6.45, 7) is 0. The molecule has 0 radical (unpaired) electrons. The quantitative estimate of drug-likeness (QED) is 0.175. The Kier molecular flexibility index (Phi) is 8.74. The molecular weight excluding hydrogens is 727 g/mol. The fraction of sp³-hybridized carbons (Fsp3) is 0.113. The smallest absolute Gasteiger partial charge is 0.163 e. The number of aromatic nitrogens is 3. The van der Waals surface area contributed by atoms with Gasteiger partial charge in [0, 0.05) is 38.1 Å². The lowest BCUT2D eigenvalue weighted by molar-refractivity contribution is 0.269. The van der Waals surface area contributed by atoms with E-state index in [1.54, 1.807) is 0 Å². The zero-order chi connectivity index (χ0) is 38.4. The number of thiophene rings is 1. The highest BCUT2D eigenvalue weighted by Gasteiger charge is 2.35. The highest BCUT2D eigenvalue weighted by molar-refractivity contribution is 7.20. The number of rotatable bonds is 5. The van der Waals surface area contributed by atoms with Crippen LogP contribution in [0.1, 0.15) is 57.9 Å². The second-order valence-corrected chi connectivity index (χ2v) is 16.4. The molecule has 5 aromatic carbocycles. The molecule has 1 aliphatic heterocycles. The molecule has 0 amide bonds. The van der Waals surface area contributed by atoms with Crippen molar-refractivity contribution in [2.75, 3.05) is 0 Å². The predicted octanol–water partition coefficient (Wildman–Crippen LogP) is 13.3. The van der Waals surface area contributed by atoms with Gasteiger partial charge >= 0.3 is 0 Å². The van der Waals surface area contributed by atoms with Crippen molar-refractivity contribution in [3.8, 4) is 28.3 Å². The predicted molar refractivity (Wildman–Crippen MR) is 240 cm³/mol. The Bertz CT molecular complexity index is 2980. The summed E-state index contributed by atoms with van der Waals surface area (Å²) in [6.07, 6.45) is 20.8. The Labute approximate surface area is 342 Å². The Morgan fingerprint density at radius 1 is 0.586 bits per heavy atom. The lowest BCUT2D eigenvalue weighted by Crippen LogP contribution is -2.17. The summed E-state index contributed by atoms with van der Waals surface area (Å²) in [5.41, 5.74) is 9.31. The van der Waals surface area contributed by atoms with Gasteiger partial charge in [0.1, 0.15) is 17.7 Å². The minimum Gasteiger partial charge on any atom is -0.485 e. The molecule has 3 aliphatic carbocycles. The molecule has 0 bridgehead atoms. The summed E-state index contributed by atoms with van der Waals surface area (Å²) in [4.78, 5) is 16.7. The second-order valence-electron chi connectivity index (χ2n) is 15.3. The van der Waals surface area contributed by atoms with Gasteiger partial charge < -0.3 is 4.74 Å². The molecule has 3 heterocycles. The fourth-order valence-corrected chi connectivity index (χ4v) is 9.90. The average molecular weight is 766 g/mol. The van der Waals surface area contributed by atoms with Crippen molar-refractivity contribution in [3.63, 3.8) is 0 Å². The summed E-state index contributed by atoms with van der Waals surface area (Å²) in [6, 6.07) is 47.5. The van der Waals surface area contributed by atoms with Crippen molar-refractivity contribution in [2.45, 2.75) is 37.2 Å². The van der Waals surface area contributed by atoms with Gasteiger partial charge in [-0.1, -0.05) is 158 Å². The average Bonchev–Trinajstić information content (AvgIpc) is 3.86. The first-order chi connectivity index (χ1) is 28.7. The molecule has 0 saturated carbocycles. The molecule has 0 spiro atoms. The standard InChI is InChI=1S/C53H39N3OS/c1-3-12-34-14-7-8-15-35(34)22-23-36(13-4-1)40-28-30-46-45(32-40)50-42(19-11-20-47(50)57-46)37-24-26-39(27-25-37)52-54-51(38-16-5-2-6-17-38)55-53(56-52)41-29-31-49-44(33-41)43-18-9-10-21-48(43)58-49/h1,3-5,7-32,41,45-46H,2,6,33H2. The van der Waals surface area contributed by atoms with Crippen molar-refractivity contribution < 1.29 is 4.74 Å². The molecule has 278 valence electrons. The number of ether oxygens (including phenoxy) is 1. The van der Waals surface area contributed by atoms with Gasteiger partial charge in [-0.25, -0.2) is 15.0 Å². The molecule has 0 N–H and O–H groups in total. The number of hydrogen-bond acceptors (Lipinski definition) is 5. The van der Waals surface area contributed by atoms with Gasteiger partial charge in [0.2, 0.25) is 0 Å². The van der Waals surface area contributed by atoms with Crippen LogP contribution in [0.2, 0.25) is 0 Å². The van der Waals surface area contributed by atoms with Crippen LogP contribution in [0.5, 0.6) is 5.75 Å². The SMILES string of the molecule is C1=CC(c2nc(-c3ccc(-c4cccc5c4C4C=C(c6cccccc7ccccc7cc6)C=CC4O5)cc3)nc(C3C=Cc4sc5ccccc5c4C3)n2)=CCC1. The molecule has 58 heavy (non-hydrogen) atoms. The van der Waals surface area contributed by atoms with E-state index in [1.807, 2.05) is 11.3 Å². The minimum absolute atomic E-state index is 0.0512. The number of allylic oxidation sites excluding steroid dienone is 7. The van der Waals surface area contributed by atoms with Crippen LogP contribution in [0.3, 0.4) is 0 Å². The van der Waals surface area contributed by atoms with Crippen LogP contribution >= 0.6 is 11.3 Å². The molecule has 3 unspecified atom stereocenters. The molecule has 11 rings (SSSR count). The third-order valence-electron chi connectivity index (χ3n) is 11.7. The van der Waals surface area contributed by atoms with Crippen LogP contribution in [-0.2, 0) is 6.42 Å². The Hall–Kier alpha value is -6.69. The maximum absolute atomic E-state index is 6.58. The number of nitrogens with zero attached hydrogens (tertiary/aromatic N) is 3. The number of fused-ring (bicyclic) bond motifs is 7. The monoisotopic (exact) mass is 765 g/mol. The second kappa shape index (κ2) is 14.7. The summed E-state index contributed by atoms with van der Waals surface area (Å²) in [7, 11) is 0. The first kappa shape index (κ1) is 34.5. The van der Waals surface area contributed by atoms with Gasteiger partial charge in [0.05, 0.1) is 0 Å². The lowest BCUT2D eigenvalue weighted by Gasteiger charge is -2.20. The number of benzene rings is 4. The van der Waals surface area contributed by atoms with E-state index in [-0.39, 0.29) is 17.9 Å². The molecule has 7 aromatic rings. The van der Waals surface area contributed by atoms with Crippen molar-refractivity contribution in [3.05, 3.63) is 209 Å². The highest BCUT2D eigenvalue weighted by atomic mass is 32.1. The Morgan fingerprint density at radius 3 is 2.24 bits per heavy atom. The summed E-state index contributed by atoms with van der Waals surface area (Å²) in [5, 5.41) is 3.73. The molecule has 2 aromatic heterocycles. The van der Waals surface area contributed by atoms with E-state index >= 15 is 0 Å². The van der Waals surface area contributed by atoms with Crippen LogP contribution in [0.25, 0.3) is 60.6 Å². The third kappa shape index (κ3) is 6.38. The topological polar surface area (TPSA) is 47.9 Å². The van der Waals surface area contributed by atoms with E-state index in [4.69, 9.17) is 19.7 Å². The fourth-order valence-electron chi connectivity index (χ4n) is 8.75. The van der Waals surface area contributed by atoms with Gasteiger partial charge in [-0.3, -0.25) is 0 Å². The van der Waals surface area contributed by atoms with Gasteiger partial charge in [-0.05, 0) is 87.5 Å². The van der Waals surface area contributed by atoms with Gasteiger partial charge in [0.15, 0.2) is 11.6 Å². The van der Waals surface area contributed by atoms with Gasteiger partial charge in [-0.15, -0.1) is 11.3 Å². The van der Waals surface area contributed by atoms with Crippen LogP contribution in [0.4, 0.5) is 0 Å².